The van der Waals surface area contributed by atoms with Gasteiger partial charge in [-0.05, 0) is 39.0 Å². The number of rotatable bonds is 8. The normalized spacial score (nSPS) is 18.2. The van der Waals surface area contributed by atoms with E-state index >= 15 is 0 Å². The van der Waals surface area contributed by atoms with Crippen LogP contribution >= 0.6 is 23.1 Å². The van der Waals surface area contributed by atoms with Crippen LogP contribution in [0.2, 0.25) is 0 Å². The lowest BCUT2D eigenvalue weighted by Gasteiger charge is -2.23. The second-order valence-corrected chi connectivity index (χ2v) is 7.05. The van der Waals surface area contributed by atoms with Gasteiger partial charge in [-0.2, -0.15) is 5.26 Å². The molecular weight excluding hydrogens is 264 g/mol. The standard InChI is InChI=1S/C12H18N4S2/c1-12(8-13,15-10-4-5-10)6-2-3-7-17-11-16-14-9-18-11/h9-10,15H,2-7H2,1H3. The summed E-state index contributed by atoms with van der Waals surface area (Å²) >= 11 is 3.34. The van der Waals surface area contributed by atoms with Crippen molar-refractivity contribution >= 4 is 23.1 Å². The Morgan fingerprint density at radius 3 is 3.06 bits per heavy atom. The van der Waals surface area contributed by atoms with Gasteiger partial charge in [0.2, 0.25) is 0 Å². The molecule has 0 saturated heterocycles. The van der Waals surface area contributed by atoms with Gasteiger partial charge >= 0.3 is 0 Å². The number of aromatic nitrogens is 2. The summed E-state index contributed by atoms with van der Waals surface area (Å²) in [7, 11) is 0. The third-order valence-electron chi connectivity index (χ3n) is 2.98. The molecule has 1 aliphatic carbocycles. The smallest absolute Gasteiger partial charge is 0.174 e. The molecule has 1 atom stereocenters. The van der Waals surface area contributed by atoms with Crippen molar-refractivity contribution < 1.29 is 0 Å². The van der Waals surface area contributed by atoms with Crippen molar-refractivity contribution in [3.8, 4) is 6.07 Å². The number of thioether (sulfide) groups is 1. The van der Waals surface area contributed by atoms with Crippen LogP contribution in [0.4, 0.5) is 0 Å². The maximum absolute atomic E-state index is 9.23. The van der Waals surface area contributed by atoms with E-state index < -0.39 is 0 Å². The topological polar surface area (TPSA) is 61.6 Å². The fourth-order valence-corrected chi connectivity index (χ4v) is 3.36. The first-order chi connectivity index (χ1) is 8.72. The largest absolute Gasteiger partial charge is 0.297 e. The van der Waals surface area contributed by atoms with E-state index in [1.165, 1.54) is 12.8 Å². The number of nitrogens with zero attached hydrogens (tertiary/aromatic N) is 3. The van der Waals surface area contributed by atoms with Crippen LogP contribution in [0.25, 0.3) is 0 Å². The molecule has 1 heterocycles. The molecule has 2 rings (SSSR count). The summed E-state index contributed by atoms with van der Waals surface area (Å²) in [5, 5.41) is 20.5. The number of hydrogen-bond donors (Lipinski definition) is 1. The van der Waals surface area contributed by atoms with Gasteiger partial charge in [-0.15, -0.1) is 10.2 Å². The molecule has 0 spiro atoms. The molecule has 98 valence electrons. The Labute approximate surface area is 116 Å². The average molecular weight is 282 g/mol. The molecule has 0 aromatic carbocycles. The summed E-state index contributed by atoms with van der Waals surface area (Å²) in [4.78, 5) is 0. The molecule has 0 bridgehead atoms. The van der Waals surface area contributed by atoms with Crippen LogP contribution in [0.3, 0.4) is 0 Å². The lowest BCUT2D eigenvalue weighted by atomic mass is 9.96. The van der Waals surface area contributed by atoms with Gasteiger partial charge in [0.15, 0.2) is 4.34 Å². The summed E-state index contributed by atoms with van der Waals surface area (Å²) in [6, 6.07) is 3.00. The highest BCUT2D eigenvalue weighted by atomic mass is 32.2. The van der Waals surface area contributed by atoms with E-state index in [0.717, 1.165) is 29.4 Å². The fourth-order valence-electron chi connectivity index (χ4n) is 1.80. The number of nitriles is 1. The highest BCUT2D eigenvalue weighted by molar-refractivity contribution is 8.00. The molecule has 0 radical (unpaired) electrons. The Kier molecular flexibility index (Phi) is 4.98. The molecule has 0 aliphatic heterocycles. The second-order valence-electron chi connectivity index (χ2n) is 4.87. The molecule has 0 amide bonds. The quantitative estimate of drug-likeness (QED) is 0.587. The number of unbranched alkanes of at least 4 members (excludes halogenated alkanes) is 1. The van der Waals surface area contributed by atoms with Crippen molar-refractivity contribution in [2.75, 3.05) is 5.75 Å². The van der Waals surface area contributed by atoms with E-state index in [2.05, 4.69) is 21.6 Å². The van der Waals surface area contributed by atoms with Gasteiger partial charge in [-0.25, -0.2) is 0 Å². The predicted molar refractivity (Wildman–Crippen MR) is 74.7 cm³/mol. The zero-order chi connectivity index (χ0) is 12.8. The third kappa shape index (κ3) is 4.56. The van der Waals surface area contributed by atoms with Gasteiger partial charge in [0.05, 0.1) is 6.07 Å². The van der Waals surface area contributed by atoms with Gasteiger partial charge in [0, 0.05) is 11.8 Å². The molecule has 1 aliphatic rings. The average Bonchev–Trinajstić information content (AvgIpc) is 3.01. The summed E-state index contributed by atoms with van der Waals surface area (Å²) < 4.78 is 1.04. The summed E-state index contributed by atoms with van der Waals surface area (Å²) in [5.74, 6) is 1.06. The Bertz CT molecular complexity index is 397. The molecule has 1 aromatic rings. The Morgan fingerprint density at radius 2 is 2.44 bits per heavy atom. The highest BCUT2D eigenvalue weighted by Crippen LogP contribution is 2.26. The Hall–Kier alpha value is -0.640. The second kappa shape index (κ2) is 6.50. The van der Waals surface area contributed by atoms with Crippen molar-refractivity contribution in [3.05, 3.63) is 5.51 Å². The minimum atomic E-state index is -0.339. The fraction of sp³-hybridized carbons (Fsp3) is 0.750. The molecule has 6 heteroatoms. The first-order valence-electron chi connectivity index (χ1n) is 6.30. The third-order valence-corrected chi connectivity index (χ3v) is 4.93. The molecule has 1 fully saturated rings. The van der Waals surface area contributed by atoms with Crippen molar-refractivity contribution in [2.24, 2.45) is 0 Å². The van der Waals surface area contributed by atoms with Gasteiger partial charge in [-0.1, -0.05) is 23.1 Å². The van der Waals surface area contributed by atoms with Crippen LogP contribution in [0.5, 0.6) is 0 Å². The first-order valence-corrected chi connectivity index (χ1v) is 8.16. The Balaban J connectivity index is 1.60. The van der Waals surface area contributed by atoms with E-state index in [-0.39, 0.29) is 5.54 Å². The lowest BCUT2D eigenvalue weighted by molar-refractivity contribution is 0.402. The lowest BCUT2D eigenvalue weighted by Crippen LogP contribution is -2.42. The highest BCUT2D eigenvalue weighted by Gasteiger charge is 2.31. The maximum Gasteiger partial charge on any atom is 0.174 e. The van der Waals surface area contributed by atoms with Gasteiger partial charge in [0.1, 0.15) is 11.0 Å². The van der Waals surface area contributed by atoms with E-state index in [1.54, 1.807) is 28.6 Å². The van der Waals surface area contributed by atoms with Crippen LogP contribution in [-0.2, 0) is 0 Å². The van der Waals surface area contributed by atoms with E-state index in [9.17, 15) is 5.26 Å². The van der Waals surface area contributed by atoms with Crippen molar-refractivity contribution in [3.63, 3.8) is 0 Å². The molecule has 1 saturated carbocycles. The minimum absolute atomic E-state index is 0.339. The number of nitrogens with one attached hydrogen (secondary N) is 1. The zero-order valence-corrected chi connectivity index (χ0v) is 12.2. The van der Waals surface area contributed by atoms with Crippen LogP contribution in [0, 0.1) is 11.3 Å². The van der Waals surface area contributed by atoms with E-state index in [1.807, 2.05) is 6.92 Å². The van der Waals surface area contributed by atoms with Crippen LogP contribution in [0.1, 0.15) is 39.0 Å². The summed E-state index contributed by atoms with van der Waals surface area (Å²) in [6.07, 6.45) is 5.58. The zero-order valence-electron chi connectivity index (χ0n) is 10.6. The molecule has 1 unspecified atom stereocenters. The maximum atomic E-state index is 9.23. The molecule has 4 nitrogen and oxygen atoms in total. The predicted octanol–water partition coefficient (Wildman–Crippen LogP) is 2.83. The summed E-state index contributed by atoms with van der Waals surface area (Å²) in [6.45, 7) is 2.02. The molecular formula is C12H18N4S2. The molecule has 18 heavy (non-hydrogen) atoms. The number of hydrogen-bond acceptors (Lipinski definition) is 6. The van der Waals surface area contributed by atoms with Gasteiger partial charge in [0.25, 0.3) is 0 Å². The molecule has 1 N–H and O–H groups in total. The van der Waals surface area contributed by atoms with Crippen LogP contribution in [0.15, 0.2) is 9.85 Å². The van der Waals surface area contributed by atoms with Gasteiger partial charge in [-0.3, -0.25) is 5.32 Å². The van der Waals surface area contributed by atoms with E-state index in [4.69, 9.17) is 0 Å². The van der Waals surface area contributed by atoms with Crippen molar-refractivity contribution in [1.82, 2.24) is 15.5 Å². The van der Waals surface area contributed by atoms with E-state index in [0.29, 0.717) is 6.04 Å². The minimum Gasteiger partial charge on any atom is -0.297 e. The van der Waals surface area contributed by atoms with Gasteiger partial charge < -0.3 is 0 Å². The monoisotopic (exact) mass is 282 g/mol. The molecule has 1 aromatic heterocycles. The first kappa shape index (κ1) is 13.8. The SMILES string of the molecule is CC(C#N)(CCCCSc1nncs1)NC1CC1. The van der Waals surface area contributed by atoms with Crippen LogP contribution in [-0.4, -0.2) is 27.5 Å². The van der Waals surface area contributed by atoms with Crippen LogP contribution < -0.4 is 5.32 Å². The Morgan fingerprint density at radius 1 is 1.61 bits per heavy atom. The summed E-state index contributed by atoms with van der Waals surface area (Å²) in [5.41, 5.74) is 1.42. The van der Waals surface area contributed by atoms with Crippen molar-refractivity contribution in [1.29, 1.82) is 5.26 Å². The van der Waals surface area contributed by atoms with Crippen molar-refractivity contribution in [2.45, 2.75) is 54.9 Å².